The van der Waals surface area contributed by atoms with Gasteiger partial charge in [0.05, 0.1) is 6.61 Å². The van der Waals surface area contributed by atoms with Crippen LogP contribution < -0.4 is 5.32 Å². The van der Waals surface area contributed by atoms with E-state index in [2.05, 4.69) is 24.1 Å². The first-order valence-corrected chi connectivity index (χ1v) is 8.75. The quantitative estimate of drug-likeness (QED) is 0.758. The van der Waals surface area contributed by atoms with Crippen LogP contribution in [0.2, 0.25) is 0 Å². The first kappa shape index (κ1) is 16.3. The average Bonchev–Trinajstić information content (AvgIpc) is 2.67. The number of nitrogens with one attached hydrogen (secondary N) is 1. The van der Waals surface area contributed by atoms with E-state index < -0.39 is 0 Å². The number of hydrogen-bond acceptors (Lipinski definition) is 3. The number of rotatable bonds is 6. The zero-order valence-electron chi connectivity index (χ0n) is 13.6. The first-order valence-electron chi connectivity index (χ1n) is 8.75. The van der Waals surface area contributed by atoms with Crippen LogP contribution in [0.25, 0.3) is 0 Å². The molecule has 20 heavy (non-hydrogen) atoms. The minimum atomic E-state index is 0.511. The summed E-state index contributed by atoms with van der Waals surface area (Å²) in [5.74, 6) is 0.899. The number of ether oxygens (including phenoxy) is 1. The van der Waals surface area contributed by atoms with Crippen LogP contribution >= 0.6 is 0 Å². The topological polar surface area (TPSA) is 24.5 Å². The molecule has 1 saturated heterocycles. The molecular formula is C17H34N2O. The molecule has 3 nitrogen and oxygen atoms in total. The van der Waals surface area contributed by atoms with E-state index in [0.717, 1.165) is 25.7 Å². The molecule has 0 amide bonds. The van der Waals surface area contributed by atoms with E-state index in [1.807, 2.05) is 0 Å². The van der Waals surface area contributed by atoms with Crippen LogP contribution in [0.5, 0.6) is 0 Å². The second kappa shape index (κ2) is 8.35. The molecule has 0 spiro atoms. The Labute approximate surface area is 125 Å². The van der Waals surface area contributed by atoms with Crippen molar-refractivity contribution in [2.45, 2.75) is 52.4 Å². The molecule has 1 N–H and O–H groups in total. The molecule has 1 aliphatic carbocycles. The smallest absolute Gasteiger partial charge is 0.0593 e. The van der Waals surface area contributed by atoms with Gasteiger partial charge in [0.2, 0.25) is 0 Å². The normalized spacial score (nSPS) is 33.0. The second-order valence-electron chi connectivity index (χ2n) is 7.12. The molecule has 0 aromatic carbocycles. The van der Waals surface area contributed by atoms with Crippen LogP contribution in [-0.4, -0.2) is 50.8 Å². The highest BCUT2D eigenvalue weighted by Crippen LogP contribution is 2.39. The van der Waals surface area contributed by atoms with E-state index >= 15 is 0 Å². The maximum atomic E-state index is 5.61. The Kier molecular flexibility index (Phi) is 6.79. The fourth-order valence-corrected chi connectivity index (χ4v) is 4.09. The third kappa shape index (κ3) is 5.01. The van der Waals surface area contributed by atoms with Gasteiger partial charge in [0.1, 0.15) is 0 Å². The maximum Gasteiger partial charge on any atom is 0.0593 e. The third-order valence-electron chi connectivity index (χ3n) is 4.99. The van der Waals surface area contributed by atoms with Gasteiger partial charge >= 0.3 is 0 Å². The molecule has 2 atom stereocenters. The molecule has 3 heteroatoms. The van der Waals surface area contributed by atoms with Gasteiger partial charge < -0.3 is 15.0 Å². The Hall–Kier alpha value is -0.120. The van der Waals surface area contributed by atoms with Crippen LogP contribution in [-0.2, 0) is 4.74 Å². The Morgan fingerprint density at radius 2 is 2.15 bits per heavy atom. The second-order valence-corrected chi connectivity index (χ2v) is 7.12. The highest BCUT2D eigenvalue weighted by molar-refractivity contribution is 4.90. The zero-order valence-corrected chi connectivity index (χ0v) is 13.6. The zero-order chi connectivity index (χ0) is 14.3. The van der Waals surface area contributed by atoms with Crippen molar-refractivity contribution in [2.24, 2.45) is 11.3 Å². The van der Waals surface area contributed by atoms with Gasteiger partial charge in [-0.2, -0.15) is 0 Å². The molecule has 1 saturated carbocycles. The molecule has 2 aliphatic rings. The Morgan fingerprint density at radius 3 is 2.95 bits per heavy atom. The summed E-state index contributed by atoms with van der Waals surface area (Å²) in [6.45, 7) is 12.6. The van der Waals surface area contributed by atoms with Crippen molar-refractivity contribution in [3.63, 3.8) is 0 Å². The van der Waals surface area contributed by atoms with Gasteiger partial charge in [0.25, 0.3) is 0 Å². The molecule has 1 aliphatic heterocycles. The van der Waals surface area contributed by atoms with Gasteiger partial charge in [-0.15, -0.1) is 0 Å². The minimum Gasteiger partial charge on any atom is -0.380 e. The van der Waals surface area contributed by atoms with Crippen molar-refractivity contribution in [1.29, 1.82) is 0 Å². The lowest BCUT2D eigenvalue weighted by atomic mass is 9.69. The summed E-state index contributed by atoms with van der Waals surface area (Å²) in [7, 11) is 0. The van der Waals surface area contributed by atoms with Crippen molar-refractivity contribution >= 4 is 0 Å². The Balaban J connectivity index is 1.93. The van der Waals surface area contributed by atoms with Gasteiger partial charge in [-0.05, 0) is 43.6 Å². The summed E-state index contributed by atoms with van der Waals surface area (Å²) in [4.78, 5) is 2.67. The van der Waals surface area contributed by atoms with Gasteiger partial charge in [-0.1, -0.05) is 26.7 Å². The van der Waals surface area contributed by atoms with E-state index in [4.69, 9.17) is 4.74 Å². The molecular weight excluding hydrogens is 248 g/mol. The fraction of sp³-hybridized carbons (Fsp3) is 1.00. The van der Waals surface area contributed by atoms with E-state index in [9.17, 15) is 0 Å². The Morgan fingerprint density at radius 1 is 1.25 bits per heavy atom. The maximum absolute atomic E-state index is 5.61. The van der Waals surface area contributed by atoms with Crippen molar-refractivity contribution in [1.82, 2.24) is 10.2 Å². The monoisotopic (exact) mass is 282 g/mol. The molecule has 2 fully saturated rings. The predicted octanol–water partition coefficient (Wildman–Crippen LogP) is 2.90. The summed E-state index contributed by atoms with van der Waals surface area (Å²) in [6, 6.07) is 0. The number of hydrogen-bond donors (Lipinski definition) is 1. The summed E-state index contributed by atoms with van der Waals surface area (Å²) in [5, 5.41) is 3.71. The molecule has 1 heterocycles. The Bertz CT molecular complexity index is 264. The third-order valence-corrected chi connectivity index (χ3v) is 4.99. The highest BCUT2D eigenvalue weighted by atomic mass is 16.5. The lowest BCUT2D eigenvalue weighted by Gasteiger charge is -2.43. The summed E-state index contributed by atoms with van der Waals surface area (Å²) < 4.78 is 5.61. The summed E-state index contributed by atoms with van der Waals surface area (Å²) >= 11 is 0. The largest absolute Gasteiger partial charge is 0.380 e. The first-order chi connectivity index (χ1) is 9.74. The van der Waals surface area contributed by atoms with Gasteiger partial charge in [-0.25, -0.2) is 0 Å². The SMILES string of the molecule is CCCNCC1(CN2CCCOCC2)CCCC(C)C1. The van der Waals surface area contributed by atoms with Gasteiger partial charge in [0.15, 0.2) is 0 Å². The summed E-state index contributed by atoms with van der Waals surface area (Å²) in [5.41, 5.74) is 0.511. The molecule has 118 valence electrons. The van der Waals surface area contributed by atoms with Crippen molar-refractivity contribution in [3.05, 3.63) is 0 Å². The van der Waals surface area contributed by atoms with Crippen LogP contribution in [0.4, 0.5) is 0 Å². The minimum absolute atomic E-state index is 0.511. The lowest BCUT2D eigenvalue weighted by Crippen LogP contribution is -2.47. The van der Waals surface area contributed by atoms with Crippen molar-refractivity contribution in [2.75, 3.05) is 45.9 Å². The molecule has 2 unspecified atom stereocenters. The molecule has 0 radical (unpaired) electrons. The van der Waals surface area contributed by atoms with E-state index in [-0.39, 0.29) is 0 Å². The van der Waals surface area contributed by atoms with E-state index in [1.165, 1.54) is 64.7 Å². The van der Waals surface area contributed by atoms with Crippen LogP contribution in [0, 0.1) is 11.3 Å². The standard InChI is InChI=1S/C17H34N2O/c1-3-8-18-14-17(7-4-6-16(2)13-17)15-19-9-5-11-20-12-10-19/h16,18H,3-15H2,1-2H3. The van der Waals surface area contributed by atoms with Gasteiger partial charge in [-0.3, -0.25) is 0 Å². The molecule has 0 aromatic rings. The molecule has 0 aromatic heterocycles. The lowest BCUT2D eigenvalue weighted by molar-refractivity contribution is 0.0757. The number of nitrogens with zero attached hydrogens (tertiary/aromatic N) is 1. The van der Waals surface area contributed by atoms with Crippen molar-refractivity contribution < 1.29 is 4.74 Å². The van der Waals surface area contributed by atoms with E-state index in [0.29, 0.717) is 5.41 Å². The van der Waals surface area contributed by atoms with Crippen LogP contribution in [0.3, 0.4) is 0 Å². The molecule has 0 bridgehead atoms. The van der Waals surface area contributed by atoms with Crippen LogP contribution in [0.15, 0.2) is 0 Å². The molecule has 2 rings (SSSR count). The van der Waals surface area contributed by atoms with Crippen LogP contribution in [0.1, 0.15) is 52.4 Å². The van der Waals surface area contributed by atoms with Crippen molar-refractivity contribution in [3.8, 4) is 0 Å². The summed E-state index contributed by atoms with van der Waals surface area (Å²) in [6.07, 6.45) is 8.10. The highest BCUT2D eigenvalue weighted by Gasteiger charge is 2.36. The average molecular weight is 282 g/mol. The van der Waals surface area contributed by atoms with E-state index in [1.54, 1.807) is 0 Å². The fourth-order valence-electron chi connectivity index (χ4n) is 4.09. The predicted molar refractivity (Wildman–Crippen MR) is 85.1 cm³/mol. The van der Waals surface area contributed by atoms with Gasteiger partial charge in [0, 0.05) is 32.8 Å².